The fourth-order valence-electron chi connectivity index (χ4n) is 2.73. The molecular weight excluding hydrogens is 306 g/mol. The summed E-state index contributed by atoms with van der Waals surface area (Å²) in [4.78, 5) is 12.1. The molecular formula is C14H22BrN3O. The molecule has 0 aliphatic heterocycles. The number of rotatable bonds is 4. The molecule has 1 heterocycles. The van der Waals surface area contributed by atoms with E-state index < -0.39 is 0 Å². The van der Waals surface area contributed by atoms with Crippen LogP contribution < -0.4 is 10.9 Å². The number of anilines is 1. The lowest BCUT2D eigenvalue weighted by Gasteiger charge is -2.22. The summed E-state index contributed by atoms with van der Waals surface area (Å²) < 4.78 is 2.08. The predicted molar refractivity (Wildman–Crippen MR) is 81.6 cm³/mol. The van der Waals surface area contributed by atoms with Crippen molar-refractivity contribution in [1.29, 1.82) is 0 Å². The Balaban J connectivity index is 2.17. The van der Waals surface area contributed by atoms with Crippen LogP contribution in [-0.2, 0) is 0 Å². The lowest BCUT2D eigenvalue weighted by atomic mass is 10.00. The zero-order valence-corrected chi connectivity index (χ0v) is 13.4. The van der Waals surface area contributed by atoms with Gasteiger partial charge >= 0.3 is 0 Å². The van der Waals surface area contributed by atoms with E-state index in [2.05, 4.69) is 33.3 Å². The summed E-state index contributed by atoms with van der Waals surface area (Å²) in [5.41, 5.74) is 0.736. The third-order valence-corrected chi connectivity index (χ3v) is 4.69. The molecule has 1 aliphatic rings. The Bertz CT molecular complexity index is 492. The van der Waals surface area contributed by atoms with Crippen LogP contribution in [-0.4, -0.2) is 15.8 Å². The summed E-state index contributed by atoms with van der Waals surface area (Å²) in [7, 11) is 0. The zero-order valence-electron chi connectivity index (χ0n) is 11.8. The van der Waals surface area contributed by atoms with Gasteiger partial charge in [0.15, 0.2) is 0 Å². The van der Waals surface area contributed by atoms with Crippen LogP contribution in [0.3, 0.4) is 0 Å². The van der Waals surface area contributed by atoms with Crippen LogP contribution in [0.25, 0.3) is 0 Å². The SMILES string of the molecule is CC(Nc1cnn(C(C)C)c(=O)c1Br)C1CCCC1. The quantitative estimate of drug-likeness (QED) is 0.919. The van der Waals surface area contributed by atoms with Gasteiger partial charge in [0, 0.05) is 6.04 Å². The minimum atomic E-state index is -0.0707. The van der Waals surface area contributed by atoms with Crippen molar-refractivity contribution in [2.75, 3.05) is 5.32 Å². The molecule has 0 spiro atoms. The van der Waals surface area contributed by atoms with Crippen molar-refractivity contribution in [2.45, 2.75) is 58.5 Å². The van der Waals surface area contributed by atoms with Gasteiger partial charge in [-0.05, 0) is 55.5 Å². The molecule has 0 radical (unpaired) electrons. The first kappa shape index (κ1) is 14.6. The van der Waals surface area contributed by atoms with E-state index in [4.69, 9.17) is 0 Å². The Morgan fingerprint density at radius 3 is 2.58 bits per heavy atom. The largest absolute Gasteiger partial charge is 0.380 e. The van der Waals surface area contributed by atoms with Gasteiger partial charge in [-0.15, -0.1) is 0 Å². The number of nitrogens with one attached hydrogen (secondary N) is 1. The zero-order chi connectivity index (χ0) is 14.0. The van der Waals surface area contributed by atoms with Gasteiger partial charge in [0.1, 0.15) is 4.47 Å². The number of nitrogens with zero attached hydrogens (tertiary/aromatic N) is 2. The molecule has 5 heteroatoms. The number of aromatic nitrogens is 2. The van der Waals surface area contributed by atoms with Crippen molar-refractivity contribution in [3.8, 4) is 0 Å². The maximum Gasteiger partial charge on any atom is 0.283 e. The fourth-order valence-corrected chi connectivity index (χ4v) is 3.13. The topological polar surface area (TPSA) is 46.9 Å². The van der Waals surface area contributed by atoms with Crippen LogP contribution >= 0.6 is 15.9 Å². The van der Waals surface area contributed by atoms with E-state index in [9.17, 15) is 4.79 Å². The molecule has 2 rings (SSSR count). The second kappa shape index (κ2) is 6.07. The molecule has 1 aliphatic carbocycles. The predicted octanol–water partition coefficient (Wildman–Crippen LogP) is 3.58. The number of hydrogen-bond acceptors (Lipinski definition) is 3. The van der Waals surface area contributed by atoms with E-state index >= 15 is 0 Å². The third-order valence-electron chi connectivity index (χ3n) is 3.92. The third kappa shape index (κ3) is 3.19. The average Bonchev–Trinajstić information content (AvgIpc) is 2.88. The number of hydrogen-bond donors (Lipinski definition) is 1. The Hall–Kier alpha value is -0.840. The monoisotopic (exact) mass is 327 g/mol. The summed E-state index contributed by atoms with van der Waals surface area (Å²) in [5.74, 6) is 0.708. The molecule has 1 unspecified atom stereocenters. The highest BCUT2D eigenvalue weighted by atomic mass is 79.9. The molecule has 0 aromatic carbocycles. The van der Waals surface area contributed by atoms with Gasteiger partial charge in [-0.25, -0.2) is 4.68 Å². The summed E-state index contributed by atoms with van der Waals surface area (Å²) in [5, 5.41) is 7.67. The van der Waals surface area contributed by atoms with Crippen molar-refractivity contribution >= 4 is 21.6 Å². The molecule has 1 atom stereocenters. The first-order valence-corrected chi connectivity index (χ1v) is 7.84. The van der Waals surface area contributed by atoms with Gasteiger partial charge in [-0.1, -0.05) is 12.8 Å². The van der Waals surface area contributed by atoms with Crippen molar-refractivity contribution in [1.82, 2.24) is 9.78 Å². The molecule has 1 saturated carbocycles. The van der Waals surface area contributed by atoms with Gasteiger partial charge < -0.3 is 5.32 Å². The minimum Gasteiger partial charge on any atom is -0.380 e. The Morgan fingerprint density at radius 1 is 1.37 bits per heavy atom. The maximum atomic E-state index is 12.1. The van der Waals surface area contributed by atoms with E-state index in [0.717, 1.165) is 5.69 Å². The highest BCUT2D eigenvalue weighted by molar-refractivity contribution is 9.10. The van der Waals surface area contributed by atoms with Crippen LogP contribution in [0.5, 0.6) is 0 Å². The van der Waals surface area contributed by atoms with Crippen molar-refractivity contribution in [3.05, 3.63) is 21.0 Å². The molecule has 1 N–H and O–H groups in total. The average molecular weight is 328 g/mol. The van der Waals surface area contributed by atoms with Crippen molar-refractivity contribution < 1.29 is 0 Å². The maximum absolute atomic E-state index is 12.1. The lowest BCUT2D eigenvalue weighted by molar-refractivity contribution is 0.478. The van der Waals surface area contributed by atoms with Crippen molar-refractivity contribution in [3.63, 3.8) is 0 Å². The molecule has 0 saturated heterocycles. The second-order valence-corrected chi connectivity index (χ2v) is 6.49. The summed E-state index contributed by atoms with van der Waals surface area (Å²) in [6, 6.07) is 0.458. The summed E-state index contributed by atoms with van der Waals surface area (Å²) >= 11 is 3.40. The van der Waals surface area contributed by atoms with Gasteiger partial charge in [-0.3, -0.25) is 4.79 Å². The summed E-state index contributed by atoms with van der Waals surface area (Å²) in [6.07, 6.45) is 6.96. The highest BCUT2D eigenvalue weighted by Crippen LogP contribution is 2.30. The van der Waals surface area contributed by atoms with E-state index in [1.165, 1.54) is 30.4 Å². The van der Waals surface area contributed by atoms with Gasteiger partial charge in [0.25, 0.3) is 5.56 Å². The normalized spacial score (nSPS) is 17.9. The lowest BCUT2D eigenvalue weighted by Crippen LogP contribution is -2.29. The van der Waals surface area contributed by atoms with Crippen molar-refractivity contribution in [2.24, 2.45) is 5.92 Å². The molecule has 106 valence electrons. The minimum absolute atomic E-state index is 0.0707. The molecule has 1 aromatic heterocycles. The van der Waals surface area contributed by atoms with E-state index in [1.807, 2.05) is 13.8 Å². The van der Waals surface area contributed by atoms with E-state index in [0.29, 0.717) is 16.4 Å². The first-order chi connectivity index (χ1) is 9.00. The van der Waals surface area contributed by atoms with Crippen LogP contribution in [0.15, 0.2) is 15.5 Å². The summed E-state index contributed by atoms with van der Waals surface area (Å²) in [6.45, 7) is 6.10. The first-order valence-electron chi connectivity index (χ1n) is 7.04. The molecule has 19 heavy (non-hydrogen) atoms. The molecule has 1 aromatic rings. The standard InChI is InChI=1S/C14H22BrN3O/c1-9(2)18-14(19)13(15)12(8-16-18)17-10(3)11-6-4-5-7-11/h8-11,17H,4-7H2,1-3H3. The fraction of sp³-hybridized carbons (Fsp3) is 0.714. The van der Waals surface area contributed by atoms with E-state index in [1.54, 1.807) is 6.20 Å². The molecule has 0 amide bonds. The smallest absolute Gasteiger partial charge is 0.283 e. The Kier molecular flexibility index (Phi) is 4.66. The van der Waals surface area contributed by atoms with Gasteiger partial charge in [0.05, 0.1) is 17.9 Å². The van der Waals surface area contributed by atoms with E-state index in [-0.39, 0.29) is 11.6 Å². The van der Waals surface area contributed by atoms with Crippen LogP contribution in [0, 0.1) is 5.92 Å². The van der Waals surface area contributed by atoms with Gasteiger partial charge in [0.2, 0.25) is 0 Å². The highest BCUT2D eigenvalue weighted by Gasteiger charge is 2.22. The van der Waals surface area contributed by atoms with Gasteiger partial charge in [-0.2, -0.15) is 5.10 Å². The van der Waals surface area contributed by atoms with Crippen LogP contribution in [0.1, 0.15) is 52.5 Å². The van der Waals surface area contributed by atoms with Crippen LogP contribution in [0.4, 0.5) is 5.69 Å². The molecule has 4 nitrogen and oxygen atoms in total. The number of halogens is 1. The van der Waals surface area contributed by atoms with Crippen LogP contribution in [0.2, 0.25) is 0 Å². The second-order valence-electron chi connectivity index (χ2n) is 5.69. The molecule has 0 bridgehead atoms. The Labute approximate surface area is 122 Å². The Morgan fingerprint density at radius 2 is 2.00 bits per heavy atom. The molecule has 1 fully saturated rings.